The van der Waals surface area contributed by atoms with Crippen LogP contribution in [0, 0.1) is 17.8 Å². The average Bonchev–Trinajstić information content (AvgIpc) is 2.72. The van der Waals surface area contributed by atoms with Crippen molar-refractivity contribution in [1.82, 2.24) is 0 Å². The van der Waals surface area contributed by atoms with Gasteiger partial charge in [0.1, 0.15) is 0 Å². The molecule has 0 radical (unpaired) electrons. The quantitative estimate of drug-likeness (QED) is 0.491. The fourth-order valence-electron chi connectivity index (χ4n) is 3.88. The first-order chi connectivity index (χ1) is 8.09. The van der Waals surface area contributed by atoms with Crippen LogP contribution in [0.15, 0.2) is 0 Å². The van der Waals surface area contributed by atoms with E-state index in [0.29, 0.717) is 6.42 Å². The summed E-state index contributed by atoms with van der Waals surface area (Å²) < 4.78 is 82.4. The van der Waals surface area contributed by atoms with Crippen molar-refractivity contribution in [3.63, 3.8) is 0 Å². The summed E-state index contributed by atoms with van der Waals surface area (Å²) in [5.41, 5.74) is -4.02. The number of fused-ring (bicyclic) bond motifs is 1. The first-order valence-corrected chi connectivity index (χ1v) is 5.98. The highest BCUT2D eigenvalue weighted by molar-refractivity contribution is 6.21. The first-order valence-electron chi connectivity index (χ1n) is 5.55. The van der Waals surface area contributed by atoms with E-state index < -0.39 is 41.3 Å². The number of hydrogen-bond donors (Lipinski definition) is 0. The topological polar surface area (TPSA) is 9.23 Å². The molecule has 0 amide bonds. The van der Waals surface area contributed by atoms with Crippen molar-refractivity contribution >= 4 is 11.6 Å². The van der Waals surface area contributed by atoms with Crippen molar-refractivity contribution in [2.75, 3.05) is 0 Å². The zero-order chi connectivity index (χ0) is 13.5. The zero-order valence-corrected chi connectivity index (χ0v) is 9.61. The molecule has 3 aliphatic rings. The molecule has 1 saturated heterocycles. The Bertz CT molecular complexity index is 364. The number of ether oxygens (including phenoxy) is 1. The molecule has 3 unspecified atom stereocenters. The minimum atomic E-state index is -5.46. The molecular formula is C10H9ClF6O. The molecule has 2 aliphatic carbocycles. The van der Waals surface area contributed by atoms with Gasteiger partial charge in [0.2, 0.25) is 0 Å². The van der Waals surface area contributed by atoms with Gasteiger partial charge in [-0.2, -0.15) is 26.3 Å². The SMILES string of the molecule is FC(F)(F)C1(C(F)(F)F)OC2C(Cl)[C@H]3CC1[C@H]2C3. The second-order valence-electron chi connectivity index (χ2n) is 5.26. The minimum Gasteiger partial charge on any atom is -0.353 e. The third kappa shape index (κ3) is 1.25. The molecule has 2 saturated carbocycles. The maximum atomic E-state index is 13.0. The Kier molecular flexibility index (Phi) is 2.34. The van der Waals surface area contributed by atoms with Crippen molar-refractivity contribution in [2.45, 2.75) is 42.3 Å². The molecule has 0 N–H and O–H groups in total. The molecule has 1 aliphatic heterocycles. The highest BCUT2D eigenvalue weighted by Crippen LogP contribution is 2.68. The van der Waals surface area contributed by atoms with Crippen LogP contribution in [0.25, 0.3) is 0 Å². The average molecular weight is 295 g/mol. The predicted octanol–water partition coefficient (Wildman–Crippen LogP) is 3.51. The van der Waals surface area contributed by atoms with E-state index in [2.05, 4.69) is 4.74 Å². The highest BCUT2D eigenvalue weighted by atomic mass is 35.5. The number of hydrogen-bond acceptors (Lipinski definition) is 1. The minimum absolute atomic E-state index is 0.158. The molecule has 5 atom stereocenters. The van der Waals surface area contributed by atoms with Crippen LogP contribution in [0.2, 0.25) is 0 Å². The van der Waals surface area contributed by atoms with E-state index in [1.54, 1.807) is 0 Å². The lowest BCUT2D eigenvalue weighted by atomic mass is 9.78. The normalized spacial score (nSPS) is 45.8. The van der Waals surface area contributed by atoms with Gasteiger partial charge < -0.3 is 4.74 Å². The van der Waals surface area contributed by atoms with Gasteiger partial charge in [-0.3, -0.25) is 0 Å². The van der Waals surface area contributed by atoms with Crippen LogP contribution in [-0.4, -0.2) is 29.4 Å². The van der Waals surface area contributed by atoms with Crippen molar-refractivity contribution < 1.29 is 31.1 Å². The molecule has 8 heteroatoms. The molecule has 3 fully saturated rings. The van der Waals surface area contributed by atoms with E-state index in [1.165, 1.54) is 0 Å². The molecule has 2 bridgehead atoms. The number of halogens is 7. The van der Waals surface area contributed by atoms with Gasteiger partial charge in [-0.15, -0.1) is 11.6 Å². The van der Waals surface area contributed by atoms with Gasteiger partial charge in [-0.25, -0.2) is 0 Å². The Morgan fingerprint density at radius 2 is 1.56 bits per heavy atom. The summed E-state index contributed by atoms with van der Waals surface area (Å²) in [7, 11) is 0. The summed E-state index contributed by atoms with van der Waals surface area (Å²) in [4.78, 5) is 0. The summed E-state index contributed by atoms with van der Waals surface area (Å²) in [6, 6.07) is 0. The molecule has 0 aromatic carbocycles. The van der Waals surface area contributed by atoms with Crippen LogP contribution in [0.1, 0.15) is 12.8 Å². The van der Waals surface area contributed by atoms with Gasteiger partial charge >= 0.3 is 12.4 Å². The summed E-state index contributed by atoms with van der Waals surface area (Å²) in [6.07, 6.45) is -11.9. The van der Waals surface area contributed by atoms with E-state index in [-0.39, 0.29) is 12.3 Å². The molecule has 3 rings (SSSR count). The lowest BCUT2D eigenvalue weighted by Gasteiger charge is -2.36. The van der Waals surface area contributed by atoms with Crippen LogP contribution in [0.3, 0.4) is 0 Å². The number of rotatable bonds is 0. The van der Waals surface area contributed by atoms with E-state index in [0.717, 1.165) is 0 Å². The molecule has 0 aromatic rings. The Hall–Kier alpha value is -0.170. The predicted molar refractivity (Wildman–Crippen MR) is 49.1 cm³/mol. The van der Waals surface area contributed by atoms with Gasteiger partial charge in [0, 0.05) is 5.92 Å². The van der Waals surface area contributed by atoms with Crippen LogP contribution in [-0.2, 0) is 4.74 Å². The Morgan fingerprint density at radius 1 is 1.00 bits per heavy atom. The third-order valence-corrected chi connectivity index (χ3v) is 5.13. The second-order valence-corrected chi connectivity index (χ2v) is 5.76. The van der Waals surface area contributed by atoms with E-state index in [9.17, 15) is 26.3 Å². The molecule has 104 valence electrons. The van der Waals surface area contributed by atoms with Gasteiger partial charge in [0.25, 0.3) is 5.60 Å². The fourth-order valence-corrected chi connectivity index (χ4v) is 4.32. The van der Waals surface area contributed by atoms with E-state index >= 15 is 0 Å². The lowest BCUT2D eigenvalue weighted by Crippen LogP contribution is -2.60. The monoisotopic (exact) mass is 294 g/mol. The summed E-state index contributed by atoms with van der Waals surface area (Å²) in [5, 5.41) is -0.738. The third-order valence-electron chi connectivity index (χ3n) is 4.52. The maximum Gasteiger partial charge on any atom is 0.426 e. The van der Waals surface area contributed by atoms with Crippen molar-refractivity contribution in [3.8, 4) is 0 Å². The van der Waals surface area contributed by atoms with Gasteiger partial charge in [0.05, 0.1) is 11.5 Å². The van der Waals surface area contributed by atoms with Crippen LogP contribution in [0.4, 0.5) is 26.3 Å². The van der Waals surface area contributed by atoms with Crippen molar-refractivity contribution in [3.05, 3.63) is 0 Å². The van der Waals surface area contributed by atoms with Crippen molar-refractivity contribution in [1.29, 1.82) is 0 Å². The van der Waals surface area contributed by atoms with Crippen molar-refractivity contribution in [2.24, 2.45) is 17.8 Å². The zero-order valence-electron chi connectivity index (χ0n) is 8.85. The molecular weight excluding hydrogens is 286 g/mol. The van der Waals surface area contributed by atoms with Crippen LogP contribution in [0.5, 0.6) is 0 Å². The Labute approximate surface area is 103 Å². The summed E-state index contributed by atoms with van der Waals surface area (Å²) in [5.74, 6) is -2.55. The second kappa shape index (κ2) is 3.29. The molecule has 1 heterocycles. The Balaban J connectivity index is 2.09. The summed E-state index contributed by atoms with van der Waals surface area (Å²) in [6.45, 7) is 0. The Morgan fingerprint density at radius 3 is 1.94 bits per heavy atom. The van der Waals surface area contributed by atoms with E-state index in [4.69, 9.17) is 11.6 Å². The van der Waals surface area contributed by atoms with E-state index in [1.807, 2.05) is 0 Å². The molecule has 0 aromatic heterocycles. The standard InChI is InChI=1S/C10H9ClF6O/c11-6-3-1-4-5(2-3)8(9(12,13)14,10(15,16)17)18-7(4)6/h3-7H,1-2H2/t3-,4-,5?,6?,7?/m1/s1. The van der Waals surface area contributed by atoms with Gasteiger partial charge in [-0.05, 0) is 24.7 Å². The highest BCUT2D eigenvalue weighted by Gasteiger charge is 2.83. The maximum absolute atomic E-state index is 13.0. The summed E-state index contributed by atoms with van der Waals surface area (Å²) >= 11 is 5.87. The molecule has 0 spiro atoms. The lowest BCUT2D eigenvalue weighted by molar-refractivity contribution is -0.383. The van der Waals surface area contributed by atoms with Crippen LogP contribution < -0.4 is 0 Å². The van der Waals surface area contributed by atoms with Gasteiger partial charge in [0.15, 0.2) is 0 Å². The molecule has 1 nitrogen and oxygen atoms in total. The largest absolute Gasteiger partial charge is 0.426 e. The smallest absolute Gasteiger partial charge is 0.353 e. The fraction of sp³-hybridized carbons (Fsp3) is 1.00. The van der Waals surface area contributed by atoms with Crippen LogP contribution >= 0.6 is 11.6 Å². The number of alkyl halides is 7. The first kappa shape index (κ1) is 12.8. The van der Waals surface area contributed by atoms with Gasteiger partial charge in [-0.1, -0.05) is 0 Å². The molecule has 18 heavy (non-hydrogen) atoms.